The Hall–Kier alpha value is -3.64. The highest BCUT2D eigenvalue weighted by Crippen LogP contribution is 2.36. The first kappa shape index (κ1) is 23.0. The molecule has 3 rings (SSSR count). The molecule has 1 heterocycles. The number of rotatable bonds is 9. The predicted octanol–water partition coefficient (Wildman–Crippen LogP) is 5.58. The van der Waals surface area contributed by atoms with Gasteiger partial charge in [0.2, 0.25) is 5.66 Å². The first-order valence-corrected chi connectivity index (χ1v) is 10.8. The molecule has 1 atom stereocenters. The quantitative estimate of drug-likeness (QED) is 0.206. The van der Waals surface area contributed by atoms with E-state index in [9.17, 15) is 15.1 Å². The van der Waals surface area contributed by atoms with Crippen molar-refractivity contribution in [3.63, 3.8) is 0 Å². The number of azide groups is 1. The van der Waals surface area contributed by atoms with E-state index in [1.54, 1.807) is 28.8 Å². The van der Waals surface area contributed by atoms with Crippen LogP contribution in [0, 0.1) is 0 Å². The van der Waals surface area contributed by atoms with Crippen LogP contribution in [0.25, 0.3) is 32.9 Å². The molecule has 0 saturated heterocycles. The fourth-order valence-corrected chi connectivity index (χ4v) is 3.79. The van der Waals surface area contributed by atoms with Gasteiger partial charge < -0.3 is 9.88 Å². The van der Waals surface area contributed by atoms with Crippen molar-refractivity contribution >= 4 is 22.7 Å². The molecule has 1 unspecified atom stereocenters. The third kappa shape index (κ3) is 4.36. The molecule has 0 spiro atoms. The van der Waals surface area contributed by atoms with Crippen LogP contribution in [0.4, 0.5) is 0 Å². The molecular formula is C24H28N6O2. The van der Waals surface area contributed by atoms with Crippen LogP contribution in [0.15, 0.2) is 53.6 Å². The van der Waals surface area contributed by atoms with Gasteiger partial charge in [0.15, 0.2) is 5.78 Å². The van der Waals surface area contributed by atoms with E-state index in [4.69, 9.17) is 4.98 Å². The van der Waals surface area contributed by atoms with E-state index in [1.807, 2.05) is 45.0 Å². The lowest BCUT2D eigenvalue weighted by molar-refractivity contribution is -0.130. The number of imidazole rings is 1. The van der Waals surface area contributed by atoms with E-state index in [0.29, 0.717) is 35.3 Å². The SMILES string of the molecule is CCCCC(N=[N+]=[N-])(C(=O)NC(C)C)n1c(-c2ccc(C(C)=O)cc2)nc2ccccc21. The molecule has 1 amide bonds. The van der Waals surface area contributed by atoms with Crippen molar-refractivity contribution in [2.45, 2.75) is 58.7 Å². The lowest BCUT2D eigenvalue weighted by Gasteiger charge is -2.32. The van der Waals surface area contributed by atoms with Crippen LogP contribution in [-0.2, 0) is 10.5 Å². The minimum atomic E-state index is -1.53. The molecule has 32 heavy (non-hydrogen) atoms. The number of ketones is 1. The zero-order valence-electron chi connectivity index (χ0n) is 18.9. The van der Waals surface area contributed by atoms with Crippen molar-refractivity contribution in [1.82, 2.24) is 14.9 Å². The topological polar surface area (TPSA) is 113 Å². The van der Waals surface area contributed by atoms with Gasteiger partial charge in [0.05, 0.1) is 11.0 Å². The second-order valence-corrected chi connectivity index (χ2v) is 8.13. The minimum absolute atomic E-state index is 0.0345. The highest BCUT2D eigenvalue weighted by atomic mass is 16.2. The molecule has 0 fully saturated rings. The minimum Gasteiger partial charge on any atom is -0.352 e. The Labute approximate surface area is 187 Å². The van der Waals surface area contributed by atoms with Gasteiger partial charge in [-0.15, -0.1) is 0 Å². The van der Waals surface area contributed by atoms with E-state index >= 15 is 0 Å². The number of nitrogens with zero attached hydrogens (tertiary/aromatic N) is 5. The van der Waals surface area contributed by atoms with Gasteiger partial charge in [0, 0.05) is 22.1 Å². The first-order valence-electron chi connectivity index (χ1n) is 10.8. The Balaban J connectivity index is 2.35. The molecule has 0 bridgehead atoms. The molecule has 166 valence electrons. The summed E-state index contributed by atoms with van der Waals surface area (Å²) < 4.78 is 1.75. The van der Waals surface area contributed by atoms with Gasteiger partial charge in [-0.05, 0) is 44.9 Å². The number of aromatic nitrogens is 2. The molecule has 3 aromatic rings. The Morgan fingerprint density at radius 2 is 1.88 bits per heavy atom. The molecule has 8 heteroatoms. The molecule has 2 aromatic carbocycles. The fourth-order valence-electron chi connectivity index (χ4n) is 3.79. The number of amides is 1. The van der Waals surface area contributed by atoms with Crippen LogP contribution in [-0.4, -0.2) is 27.3 Å². The van der Waals surface area contributed by atoms with Crippen molar-refractivity contribution in [2.75, 3.05) is 0 Å². The third-order valence-corrected chi connectivity index (χ3v) is 5.35. The van der Waals surface area contributed by atoms with E-state index in [-0.39, 0.29) is 17.7 Å². The molecule has 0 aliphatic heterocycles. The second kappa shape index (κ2) is 9.66. The standard InChI is InChI=1S/C24H28N6O2/c1-5-6-15-24(28-29-25,23(32)26-16(2)3)30-21-10-8-7-9-20(21)27-22(30)19-13-11-18(12-14-19)17(4)31/h7-14,16H,5-6,15H2,1-4H3,(H,26,32). The number of hydrogen-bond donors (Lipinski definition) is 1. The van der Waals surface area contributed by atoms with Crippen LogP contribution in [0.3, 0.4) is 0 Å². The summed E-state index contributed by atoms with van der Waals surface area (Å²) in [6.07, 6.45) is 1.83. The van der Waals surface area contributed by atoms with Crippen LogP contribution in [0.2, 0.25) is 0 Å². The Bertz CT molecular complexity index is 1170. The maximum Gasteiger partial charge on any atom is 0.252 e. The summed E-state index contributed by atoms with van der Waals surface area (Å²) in [6, 6.07) is 14.4. The average molecular weight is 433 g/mol. The van der Waals surface area contributed by atoms with Gasteiger partial charge in [-0.25, -0.2) is 4.98 Å². The summed E-state index contributed by atoms with van der Waals surface area (Å²) in [4.78, 5) is 33.2. The summed E-state index contributed by atoms with van der Waals surface area (Å²) >= 11 is 0. The Morgan fingerprint density at radius 1 is 1.19 bits per heavy atom. The number of carbonyl (C=O) groups excluding carboxylic acids is 2. The fraction of sp³-hybridized carbons (Fsp3) is 0.375. The van der Waals surface area contributed by atoms with Gasteiger partial charge in [0.1, 0.15) is 5.82 Å². The molecule has 0 radical (unpaired) electrons. The van der Waals surface area contributed by atoms with E-state index in [2.05, 4.69) is 15.3 Å². The monoisotopic (exact) mass is 432 g/mol. The van der Waals surface area contributed by atoms with Crippen LogP contribution < -0.4 is 5.32 Å². The molecule has 8 nitrogen and oxygen atoms in total. The number of Topliss-reactive ketones (excluding diaryl/α,β-unsaturated/α-hetero) is 1. The molecule has 0 saturated carbocycles. The van der Waals surface area contributed by atoms with Gasteiger partial charge >= 0.3 is 0 Å². The Morgan fingerprint density at radius 3 is 2.47 bits per heavy atom. The smallest absolute Gasteiger partial charge is 0.252 e. The number of unbranched alkanes of at least 4 members (excludes halogenated alkanes) is 1. The highest BCUT2D eigenvalue weighted by Gasteiger charge is 2.42. The van der Waals surface area contributed by atoms with E-state index in [1.165, 1.54) is 6.92 Å². The largest absolute Gasteiger partial charge is 0.352 e. The molecule has 1 aromatic heterocycles. The summed E-state index contributed by atoms with van der Waals surface area (Å²) in [6.45, 7) is 7.27. The van der Waals surface area contributed by atoms with E-state index in [0.717, 1.165) is 12.0 Å². The number of para-hydroxylation sites is 2. The predicted molar refractivity (Wildman–Crippen MR) is 125 cm³/mol. The lowest BCUT2D eigenvalue weighted by Crippen LogP contribution is -2.49. The zero-order valence-corrected chi connectivity index (χ0v) is 18.9. The highest BCUT2D eigenvalue weighted by molar-refractivity contribution is 5.95. The van der Waals surface area contributed by atoms with Gasteiger partial charge in [0.25, 0.3) is 5.91 Å². The number of benzene rings is 2. The van der Waals surface area contributed by atoms with Gasteiger partial charge in [-0.2, -0.15) is 0 Å². The van der Waals surface area contributed by atoms with Crippen molar-refractivity contribution in [3.05, 3.63) is 64.5 Å². The van der Waals surface area contributed by atoms with Crippen molar-refractivity contribution in [3.8, 4) is 11.4 Å². The average Bonchev–Trinajstić information content (AvgIpc) is 3.16. The molecule has 1 N–H and O–H groups in total. The third-order valence-electron chi connectivity index (χ3n) is 5.35. The normalized spacial score (nSPS) is 12.9. The van der Waals surface area contributed by atoms with Crippen LogP contribution >= 0.6 is 0 Å². The maximum absolute atomic E-state index is 13.6. The summed E-state index contributed by atoms with van der Waals surface area (Å²) in [5.41, 5.74) is 10.7. The van der Waals surface area contributed by atoms with Crippen molar-refractivity contribution < 1.29 is 9.59 Å². The Kier molecular flexibility index (Phi) is 6.95. The second-order valence-electron chi connectivity index (χ2n) is 8.13. The molecule has 0 aliphatic carbocycles. The summed E-state index contributed by atoms with van der Waals surface area (Å²) in [5, 5.41) is 7.04. The molecular weight excluding hydrogens is 404 g/mol. The van der Waals surface area contributed by atoms with Crippen LogP contribution in [0.1, 0.15) is 57.3 Å². The zero-order chi connectivity index (χ0) is 23.3. The van der Waals surface area contributed by atoms with E-state index < -0.39 is 5.66 Å². The maximum atomic E-state index is 13.6. The number of fused-ring (bicyclic) bond motifs is 1. The molecule has 0 aliphatic rings. The lowest BCUT2D eigenvalue weighted by atomic mass is 9.99. The summed E-state index contributed by atoms with van der Waals surface area (Å²) in [5.74, 6) is 0.0972. The number of carbonyl (C=O) groups is 2. The van der Waals surface area contributed by atoms with Crippen molar-refractivity contribution in [2.24, 2.45) is 5.11 Å². The van der Waals surface area contributed by atoms with Gasteiger partial charge in [-0.3, -0.25) is 9.59 Å². The first-order chi connectivity index (χ1) is 15.3. The number of nitrogens with one attached hydrogen (secondary N) is 1. The van der Waals surface area contributed by atoms with Crippen LogP contribution in [0.5, 0.6) is 0 Å². The number of hydrogen-bond acceptors (Lipinski definition) is 4. The van der Waals surface area contributed by atoms with Crippen molar-refractivity contribution in [1.29, 1.82) is 0 Å². The summed E-state index contributed by atoms with van der Waals surface area (Å²) in [7, 11) is 0. The van der Waals surface area contributed by atoms with Gasteiger partial charge in [-0.1, -0.05) is 61.3 Å².